The highest BCUT2D eigenvalue weighted by molar-refractivity contribution is 7.99. The largest absolute Gasteiger partial charge is 0.497 e. The average molecular weight is 396 g/mol. The van der Waals surface area contributed by atoms with E-state index in [9.17, 15) is 9.90 Å². The smallest absolute Gasteiger partial charge is 0.326 e. The first-order chi connectivity index (χ1) is 12.3. The predicted molar refractivity (Wildman–Crippen MR) is 103 cm³/mol. The minimum absolute atomic E-state index is 0.228. The molecule has 1 heterocycles. The van der Waals surface area contributed by atoms with Crippen molar-refractivity contribution in [2.75, 3.05) is 19.1 Å². The van der Waals surface area contributed by atoms with E-state index in [0.717, 1.165) is 10.6 Å². The first-order valence-corrected chi connectivity index (χ1v) is 9.31. The van der Waals surface area contributed by atoms with Crippen molar-refractivity contribution in [1.82, 2.24) is 9.97 Å². The Morgan fingerprint density at radius 2 is 1.96 bits per heavy atom. The fourth-order valence-corrected chi connectivity index (χ4v) is 3.43. The highest BCUT2D eigenvalue weighted by atomic mass is 35.5. The Bertz CT molecular complexity index is 756. The zero-order chi connectivity index (χ0) is 19.3. The molecule has 0 saturated carbocycles. The quantitative estimate of drug-likeness (QED) is 0.670. The van der Waals surface area contributed by atoms with Crippen molar-refractivity contribution < 1.29 is 14.6 Å². The van der Waals surface area contributed by atoms with Crippen LogP contribution in [0.2, 0.25) is 5.15 Å². The van der Waals surface area contributed by atoms with Gasteiger partial charge in [-0.3, -0.25) is 0 Å². The lowest BCUT2D eigenvalue weighted by molar-refractivity contribution is -0.138. The number of ether oxygens (including phenoxy) is 1. The van der Waals surface area contributed by atoms with E-state index >= 15 is 0 Å². The minimum Gasteiger partial charge on any atom is -0.497 e. The maximum atomic E-state index is 11.6. The molecule has 140 valence electrons. The summed E-state index contributed by atoms with van der Waals surface area (Å²) < 4.78 is 5.15. The number of benzene rings is 1. The number of anilines is 1. The van der Waals surface area contributed by atoms with Crippen LogP contribution in [0.1, 0.15) is 20.3 Å². The van der Waals surface area contributed by atoms with Crippen LogP contribution in [0.4, 0.5) is 5.95 Å². The van der Waals surface area contributed by atoms with Crippen LogP contribution in [-0.2, 0) is 4.79 Å². The normalized spacial score (nSPS) is 12.1. The summed E-state index contributed by atoms with van der Waals surface area (Å²) in [7, 11) is 3.29. The Kier molecular flexibility index (Phi) is 7.11. The molecule has 6 nitrogen and oxygen atoms in total. The Morgan fingerprint density at radius 3 is 2.50 bits per heavy atom. The van der Waals surface area contributed by atoms with Gasteiger partial charge in [-0.2, -0.15) is 0 Å². The molecule has 1 unspecified atom stereocenters. The summed E-state index contributed by atoms with van der Waals surface area (Å²) in [5.74, 6) is 0.384. The number of hydrogen-bond donors (Lipinski definition) is 1. The summed E-state index contributed by atoms with van der Waals surface area (Å²) in [4.78, 5) is 22.8. The molecule has 1 atom stereocenters. The molecule has 0 radical (unpaired) electrons. The fraction of sp³-hybridized carbons (Fsp3) is 0.389. The number of likely N-dealkylation sites (N-methyl/N-ethyl adjacent to an activating group) is 1. The van der Waals surface area contributed by atoms with Crippen molar-refractivity contribution in [3.63, 3.8) is 0 Å². The molecule has 0 aliphatic carbocycles. The predicted octanol–water partition coefficient (Wildman–Crippen LogP) is 4.23. The molecule has 2 rings (SSSR count). The lowest BCUT2D eigenvalue weighted by Gasteiger charge is -2.26. The van der Waals surface area contributed by atoms with Crippen LogP contribution in [0.5, 0.6) is 5.75 Å². The van der Waals surface area contributed by atoms with Crippen molar-refractivity contribution >= 4 is 35.3 Å². The maximum Gasteiger partial charge on any atom is 0.326 e. The molecule has 0 fully saturated rings. The molecule has 2 aromatic rings. The van der Waals surface area contributed by atoms with E-state index in [2.05, 4.69) is 9.97 Å². The van der Waals surface area contributed by atoms with E-state index in [0.29, 0.717) is 17.4 Å². The van der Waals surface area contributed by atoms with E-state index in [1.807, 2.05) is 38.1 Å². The van der Waals surface area contributed by atoms with Crippen molar-refractivity contribution in [3.05, 3.63) is 35.5 Å². The van der Waals surface area contributed by atoms with Gasteiger partial charge in [0.25, 0.3) is 0 Å². The number of rotatable bonds is 8. The van der Waals surface area contributed by atoms with Crippen LogP contribution in [0.15, 0.2) is 40.3 Å². The third-order valence-electron chi connectivity index (χ3n) is 3.70. The van der Waals surface area contributed by atoms with E-state index in [-0.39, 0.29) is 11.1 Å². The second-order valence-corrected chi connectivity index (χ2v) is 7.68. The maximum absolute atomic E-state index is 11.6. The van der Waals surface area contributed by atoms with Crippen LogP contribution < -0.4 is 9.64 Å². The summed E-state index contributed by atoms with van der Waals surface area (Å²) in [6.45, 7) is 3.96. The molecule has 26 heavy (non-hydrogen) atoms. The highest BCUT2D eigenvalue weighted by Gasteiger charge is 2.26. The summed E-state index contributed by atoms with van der Waals surface area (Å²) in [6, 6.07) is 8.50. The van der Waals surface area contributed by atoms with Crippen LogP contribution in [0, 0.1) is 5.92 Å². The molecule has 0 bridgehead atoms. The number of carboxylic acid groups (broad SMARTS) is 1. The molecule has 0 spiro atoms. The summed E-state index contributed by atoms with van der Waals surface area (Å²) in [5.41, 5.74) is 0. The molecule has 8 heteroatoms. The molecule has 1 aromatic heterocycles. The molecular weight excluding hydrogens is 374 g/mol. The van der Waals surface area contributed by atoms with Gasteiger partial charge >= 0.3 is 5.97 Å². The van der Waals surface area contributed by atoms with Gasteiger partial charge in [0.2, 0.25) is 5.95 Å². The van der Waals surface area contributed by atoms with Gasteiger partial charge < -0.3 is 14.7 Å². The first-order valence-electron chi connectivity index (χ1n) is 8.12. The number of carboxylic acids is 1. The number of methoxy groups -OCH3 is 1. The SMILES string of the molecule is COc1ccc(Sc2cc(Cl)nc(N(C)C(CC(C)C)C(=O)O)n2)cc1. The Labute approximate surface area is 162 Å². The van der Waals surface area contributed by atoms with Gasteiger partial charge in [0.05, 0.1) is 7.11 Å². The van der Waals surface area contributed by atoms with Gasteiger partial charge in [-0.05, 0) is 36.6 Å². The van der Waals surface area contributed by atoms with E-state index in [4.69, 9.17) is 16.3 Å². The second-order valence-electron chi connectivity index (χ2n) is 6.20. The number of hydrogen-bond acceptors (Lipinski definition) is 6. The summed E-state index contributed by atoms with van der Waals surface area (Å²) >= 11 is 7.56. The van der Waals surface area contributed by atoms with Crippen LogP contribution >= 0.6 is 23.4 Å². The third kappa shape index (κ3) is 5.51. The van der Waals surface area contributed by atoms with Crippen LogP contribution in [0.25, 0.3) is 0 Å². The Hall–Kier alpha value is -1.99. The highest BCUT2D eigenvalue weighted by Crippen LogP contribution is 2.30. The van der Waals surface area contributed by atoms with Crippen molar-refractivity contribution in [2.24, 2.45) is 5.92 Å². The Morgan fingerprint density at radius 1 is 1.31 bits per heavy atom. The van der Waals surface area contributed by atoms with Crippen LogP contribution in [0.3, 0.4) is 0 Å². The second kappa shape index (κ2) is 9.09. The topological polar surface area (TPSA) is 75.5 Å². The van der Waals surface area contributed by atoms with Gasteiger partial charge in [-0.1, -0.05) is 37.2 Å². The number of halogens is 1. The molecule has 0 aliphatic rings. The molecule has 1 N–H and O–H groups in total. The lowest BCUT2D eigenvalue weighted by Crippen LogP contribution is -2.40. The lowest BCUT2D eigenvalue weighted by atomic mass is 10.0. The van der Waals surface area contributed by atoms with Crippen molar-refractivity contribution in [1.29, 1.82) is 0 Å². The van der Waals surface area contributed by atoms with Crippen molar-refractivity contribution in [2.45, 2.75) is 36.2 Å². The molecule has 0 saturated heterocycles. The minimum atomic E-state index is -0.908. The average Bonchev–Trinajstić information content (AvgIpc) is 2.59. The van der Waals surface area contributed by atoms with Gasteiger partial charge in [-0.15, -0.1) is 0 Å². The number of aliphatic carboxylic acids is 1. The van der Waals surface area contributed by atoms with Gasteiger partial charge in [-0.25, -0.2) is 14.8 Å². The fourth-order valence-electron chi connectivity index (χ4n) is 2.37. The summed E-state index contributed by atoms with van der Waals surface area (Å²) in [5, 5.41) is 10.4. The van der Waals surface area contributed by atoms with E-state index < -0.39 is 12.0 Å². The van der Waals surface area contributed by atoms with Gasteiger partial charge in [0, 0.05) is 18.0 Å². The Balaban J connectivity index is 2.25. The van der Waals surface area contributed by atoms with Crippen molar-refractivity contribution in [3.8, 4) is 5.75 Å². The number of carbonyl (C=O) groups is 1. The monoisotopic (exact) mass is 395 g/mol. The molecule has 0 aliphatic heterocycles. The molecule has 0 amide bonds. The molecule has 1 aromatic carbocycles. The standard InChI is InChI=1S/C18H22ClN3O3S/c1-11(2)9-14(17(23)24)22(3)18-20-15(19)10-16(21-18)26-13-7-5-12(25-4)6-8-13/h5-8,10-11,14H,9H2,1-4H3,(H,23,24). The van der Waals surface area contributed by atoms with Gasteiger partial charge in [0.1, 0.15) is 22.0 Å². The molecular formula is C18H22ClN3O3S. The zero-order valence-corrected chi connectivity index (χ0v) is 16.7. The van der Waals surface area contributed by atoms with Crippen LogP contribution in [-0.4, -0.2) is 41.2 Å². The van der Waals surface area contributed by atoms with Gasteiger partial charge in [0.15, 0.2) is 0 Å². The third-order valence-corrected chi connectivity index (χ3v) is 4.82. The van der Waals surface area contributed by atoms with E-state index in [1.165, 1.54) is 11.8 Å². The summed E-state index contributed by atoms with van der Waals surface area (Å²) in [6.07, 6.45) is 0.489. The van der Waals surface area contributed by atoms with E-state index in [1.54, 1.807) is 25.1 Å². The zero-order valence-electron chi connectivity index (χ0n) is 15.1. The first kappa shape index (κ1) is 20.3. The number of aromatic nitrogens is 2. The number of nitrogens with zero attached hydrogens (tertiary/aromatic N) is 3.